The van der Waals surface area contributed by atoms with E-state index in [-0.39, 0.29) is 28.3 Å². The van der Waals surface area contributed by atoms with Crippen molar-refractivity contribution in [3.05, 3.63) is 88.2 Å². The number of benzene rings is 3. The van der Waals surface area contributed by atoms with Gasteiger partial charge in [0.15, 0.2) is 11.5 Å². The number of rotatable bonds is 4. The van der Waals surface area contributed by atoms with Gasteiger partial charge in [-0.15, -0.1) is 0 Å². The van der Waals surface area contributed by atoms with E-state index in [0.717, 1.165) is 24.3 Å². The Morgan fingerprint density at radius 3 is 2.83 bits per heavy atom. The van der Waals surface area contributed by atoms with E-state index in [2.05, 4.69) is 14.9 Å². The number of fused-ring (bicyclic) bond motifs is 2. The second-order valence-electron chi connectivity index (χ2n) is 10.2. The second kappa shape index (κ2) is 9.88. The van der Waals surface area contributed by atoms with Crippen molar-refractivity contribution in [2.45, 2.75) is 24.7 Å². The highest BCUT2D eigenvalue weighted by Gasteiger charge is 2.51. The maximum Gasteiger partial charge on any atom is 0.416 e. The third kappa shape index (κ3) is 4.19. The van der Waals surface area contributed by atoms with Crippen LogP contribution in [0.2, 0.25) is 5.02 Å². The number of likely N-dealkylation sites (tertiary alicyclic amines) is 1. The number of hydrogen-bond acceptors (Lipinski definition) is 6. The summed E-state index contributed by atoms with van der Waals surface area (Å²) in [5, 5.41) is 12.1. The first kappa shape index (κ1) is 26.2. The van der Waals surface area contributed by atoms with Gasteiger partial charge in [0.25, 0.3) is 5.91 Å². The van der Waals surface area contributed by atoms with Gasteiger partial charge in [-0.05, 0) is 56.8 Å². The summed E-state index contributed by atoms with van der Waals surface area (Å²) in [6.07, 6.45) is 1.03. The number of carbonyl (C=O) groups is 2. The molecule has 2 amide bonds. The third-order valence-electron chi connectivity index (χ3n) is 7.54. The quantitative estimate of drug-likeness (QED) is 0.367. The molecule has 2 aliphatic heterocycles. The molecule has 206 valence electrons. The van der Waals surface area contributed by atoms with E-state index in [4.69, 9.17) is 16.3 Å². The lowest BCUT2D eigenvalue weighted by Crippen LogP contribution is -2.45. The van der Waals surface area contributed by atoms with Gasteiger partial charge in [-0.1, -0.05) is 41.9 Å². The first-order valence-electron chi connectivity index (χ1n) is 12.9. The van der Waals surface area contributed by atoms with E-state index < -0.39 is 23.5 Å². The molecule has 11 heteroatoms. The number of ether oxygens (including phenoxy) is 1. The van der Waals surface area contributed by atoms with Crippen LogP contribution in [0.3, 0.4) is 0 Å². The Balaban J connectivity index is 1.38. The van der Waals surface area contributed by atoms with Crippen molar-refractivity contribution in [1.82, 2.24) is 14.9 Å². The first-order valence-corrected chi connectivity index (χ1v) is 13.3. The Labute approximate surface area is 234 Å². The zero-order chi connectivity index (χ0) is 28.2. The van der Waals surface area contributed by atoms with Crippen molar-refractivity contribution in [3.8, 4) is 0 Å². The number of carbonyl (C=O) groups excluding carboxylic acids is 2. The predicted molar refractivity (Wildman–Crippen MR) is 149 cm³/mol. The molecule has 1 aromatic heterocycles. The number of aromatic nitrogens is 2. The van der Waals surface area contributed by atoms with Gasteiger partial charge in [0.2, 0.25) is 5.95 Å². The van der Waals surface area contributed by atoms with Gasteiger partial charge < -0.3 is 19.7 Å². The van der Waals surface area contributed by atoms with Crippen LogP contribution in [-0.2, 0) is 10.5 Å². The summed E-state index contributed by atoms with van der Waals surface area (Å²) < 4.78 is 20.9. The molecule has 1 fully saturated rings. The third-order valence-corrected chi connectivity index (χ3v) is 7.84. The van der Waals surface area contributed by atoms with Crippen LogP contribution < -0.4 is 9.80 Å². The number of hydrogen-bond donors (Lipinski definition) is 2. The summed E-state index contributed by atoms with van der Waals surface area (Å²) in [6, 6.07) is 15.8. The highest BCUT2D eigenvalue weighted by molar-refractivity contribution is 6.31. The molecule has 2 N–H and O–H groups in total. The number of imidazole rings is 1. The van der Waals surface area contributed by atoms with Crippen molar-refractivity contribution < 1.29 is 23.8 Å². The molecule has 0 radical (unpaired) electrons. The number of nitrogens with one attached hydrogen (secondary N) is 1. The SMILES string of the molecule is CN1CCCC(OC(=O)N(C)c2nc3ccc(C4(O)c5ccccc5C(=O)N4c4cccc(Cl)c4F)cc3[nH]2)C1. The fourth-order valence-electron chi connectivity index (χ4n) is 5.49. The molecule has 2 unspecified atom stereocenters. The number of anilines is 2. The van der Waals surface area contributed by atoms with Crippen LogP contribution in [0.25, 0.3) is 11.0 Å². The molecule has 40 heavy (non-hydrogen) atoms. The molecule has 0 spiro atoms. The van der Waals surface area contributed by atoms with Crippen LogP contribution in [0.15, 0.2) is 60.7 Å². The molecule has 2 atom stereocenters. The Morgan fingerprint density at radius 1 is 1.23 bits per heavy atom. The monoisotopic (exact) mass is 563 g/mol. The Hall–Kier alpha value is -3.99. The predicted octanol–water partition coefficient (Wildman–Crippen LogP) is 4.88. The molecule has 3 heterocycles. The van der Waals surface area contributed by atoms with Crippen LogP contribution in [-0.4, -0.2) is 65.3 Å². The van der Waals surface area contributed by atoms with Gasteiger partial charge in [0, 0.05) is 30.3 Å². The molecule has 2 aliphatic rings. The average molecular weight is 564 g/mol. The molecular formula is C29H27ClFN5O4. The molecule has 4 aromatic rings. The Bertz CT molecular complexity index is 1640. The summed E-state index contributed by atoms with van der Waals surface area (Å²) in [6.45, 7) is 1.64. The van der Waals surface area contributed by atoms with Gasteiger partial charge in [0.1, 0.15) is 6.10 Å². The largest absolute Gasteiger partial charge is 0.444 e. The lowest BCUT2D eigenvalue weighted by molar-refractivity contribution is 0.0555. The summed E-state index contributed by atoms with van der Waals surface area (Å²) in [5.41, 5.74) is -0.335. The van der Waals surface area contributed by atoms with Crippen molar-refractivity contribution in [2.24, 2.45) is 0 Å². The smallest absolute Gasteiger partial charge is 0.416 e. The number of aliphatic hydroxyl groups is 1. The number of amides is 2. The van der Waals surface area contributed by atoms with Crippen LogP contribution in [0.5, 0.6) is 0 Å². The molecule has 0 saturated carbocycles. The Morgan fingerprint density at radius 2 is 2.02 bits per heavy atom. The van der Waals surface area contributed by atoms with Crippen LogP contribution in [0.1, 0.15) is 34.3 Å². The van der Waals surface area contributed by atoms with Gasteiger partial charge in [0.05, 0.1) is 21.7 Å². The fraction of sp³-hybridized carbons (Fsp3) is 0.276. The Kier molecular flexibility index (Phi) is 6.48. The van der Waals surface area contributed by atoms with Gasteiger partial charge in [-0.3, -0.25) is 14.6 Å². The number of H-pyrrole nitrogens is 1. The van der Waals surface area contributed by atoms with Crippen LogP contribution in [0, 0.1) is 5.82 Å². The topological polar surface area (TPSA) is 102 Å². The second-order valence-corrected chi connectivity index (χ2v) is 10.6. The van der Waals surface area contributed by atoms with Gasteiger partial charge in [-0.25, -0.2) is 14.2 Å². The van der Waals surface area contributed by atoms with E-state index in [1.807, 2.05) is 7.05 Å². The maximum atomic E-state index is 15.2. The fourth-order valence-corrected chi connectivity index (χ4v) is 5.66. The summed E-state index contributed by atoms with van der Waals surface area (Å²) in [7, 11) is 3.56. The van der Waals surface area contributed by atoms with E-state index in [1.165, 1.54) is 23.1 Å². The highest BCUT2D eigenvalue weighted by atomic mass is 35.5. The zero-order valence-corrected chi connectivity index (χ0v) is 22.7. The lowest BCUT2D eigenvalue weighted by atomic mass is 9.93. The minimum atomic E-state index is -2.05. The standard InChI is InChI=1S/C29H27ClFN5O4/c1-34-14-6-7-18(16-34)40-28(38)35(2)27-32-22-13-12-17(15-23(22)33-27)29(39)20-9-4-3-8-19(20)26(37)36(29)24-11-5-10-21(30)25(24)31/h3-5,8-13,15,18,39H,6-7,14,16H2,1-2H3,(H,32,33). The average Bonchev–Trinajstić information content (AvgIpc) is 3.47. The van der Waals surface area contributed by atoms with Crippen molar-refractivity contribution in [3.63, 3.8) is 0 Å². The van der Waals surface area contributed by atoms with E-state index in [1.54, 1.807) is 49.5 Å². The first-order chi connectivity index (χ1) is 19.2. The molecule has 6 rings (SSSR count). The molecule has 1 saturated heterocycles. The molecule has 0 aliphatic carbocycles. The number of aromatic amines is 1. The molecule has 3 aromatic carbocycles. The normalized spacial score (nSPS) is 21.1. The van der Waals surface area contributed by atoms with Gasteiger partial charge in [-0.2, -0.15) is 0 Å². The van der Waals surface area contributed by atoms with E-state index in [9.17, 15) is 14.7 Å². The van der Waals surface area contributed by atoms with Crippen molar-refractivity contribution >= 4 is 46.3 Å². The van der Waals surface area contributed by atoms with E-state index >= 15 is 4.39 Å². The number of halogens is 2. The van der Waals surface area contributed by atoms with E-state index in [0.29, 0.717) is 28.7 Å². The van der Waals surface area contributed by atoms with Crippen LogP contribution >= 0.6 is 11.6 Å². The lowest BCUT2D eigenvalue weighted by Gasteiger charge is -2.35. The summed E-state index contributed by atoms with van der Waals surface area (Å²) in [5.74, 6) is -1.13. The molecule has 0 bridgehead atoms. The molecule has 9 nitrogen and oxygen atoms in total. The minimum absolute atomic E-state index is 0.155. The van der Waals surface area contributed by atoms with Gasteiger partial charge >= 0.3 is 6.09 Å². The zero-order valence-electron chi connectivity index (χ0n) is 21.9. The summed E-state index contributed by atoms with van der Waals surface area (Å²) in [4.78, 5) is 38.4. The number of nitrogens with zero attached hydrogens (tertiary/aromatic N) is 4. The minimum Gasteiger partial charge on any atom is -0.444 e. The number of piperidine rings is 1. The molecular weight excluding hydrogens is 537 g/mol. The number of likely N-dealkylation sites (N-methyl/N-ethyl adjacent to an activating group) is 1. The van der Waals surface area contributed by atoms with Crippen molar-refractivity contribution in [1.29, 1.82) is 0 Å². The van der Waals surface area contributed by atoms with Crippen molar-refractivity contribution in [2.75, 3.05) is 37.0 Å². The van der Waals surface area contributed by atoms with Crippen LogP contribution in [0.4, 0.5) is 20.8 Å². The highest BCUT2D eigenvalue weighted by Crippen LogP contribution is 2.46. The maximum absolute atomic E-state index is 15.2. The summed E-state index contributed by atoms with van der Waals surface area (Å²) >= 11 is 6.04.